The van der Waals surface area contributed by atoms with Crippen LogP contribution in [0.1, 0.15) is 35.7 Å². The molecule has 184 valence electrons. The third-order valence-corrected chi connectivity index (χ3v) is 8.31. The molecule has 0 aliphatic carbocycles. The predicted molar refractivity (Wildman–Crippen MR) is 137 cm³/mol. The molecular weight excluding hydrogens is 489 g/mol. The number of carbonyl (C=O) groups excluding carboxylic acids is 1. The van der Waals surface area contributed by atoms with Gasteiger partial charge in [0.15, 0.2) is 0 Å². The maximum absolute atomic E-state index is 14.7. The van der Waals surface area contributed by atoms with E-state index in [-0.39, 0.29) is 18.7 Å². The van der Waals surface area contributed by atoms with Crippen molar-refractivity contribution in [3.05, 3.63) is 88.7 Å². The number of hydrogen-bond donors (Lipinski definition) is 1. The highest BCUT2D eigenvalue weighted by atomic mass is 35.5. The highest BCUT2D eigenvalue weighted by Gasteiger charge is 2.31. The summed E-state index contributed by atoms with van der Waals surface area (Å²) in [6.45, 7) is 5.32. The summed E-state index contributed by atoms with van der Waals surface area (Å²) in [4.78, 5) is 14.3. The molecule has 1 N–H and O–H groups in total. The van der Waals surface area contributed by atoms with Gasteiger partial charge in [0.25, 0.3) is 5.91 Å². The molecule has 1 aliphatic rings. The summed E-state index contributed by atoms with van der Waals surface area (Å²) in [7, 11) is -4.13. The first kappa shape index (κ1) is 25.2. The number of sulfonamides is 1. The van der Waals surface area contributed by atoms with Crippen LogP contribution in [0.5, 0.6) is 0 Å². The summed E-state index contributed by atoms with van der Waals surface area (Å²) in [6.07, 6.45) is 0. The number of hydrogen-bond acceptors (Lipinski definition) is 4. The number of piperazine rings is 1. The molecule has 1 heterocycles. The van der Waals surface area contributed by atoms with Crippen LogP contribution in [0.4, 0.5) is 15.8 Å². The second-order valence-corrected chi connectivity index (χ2v) is 11.0. The van der Waals surface area contributed by atoms with Crippen LogP contribution in [0.3, 0.4) is 0 Å². The number of nitrogens with zero attached hydrogens (tertiary/aromatic N) is 2. The summed E-state index contributed by atoms with van der Waals surface area (Å²) >= 11 is 6.27. The minimum atomic E-state index is -4.13. The van der Waals surface area contributed by atoms with E-state index in [1.807, 2.05) is 35.2 Å². The Labute approximate surface area is 210 Å². The standard InChI is InChI=1S/C26H27ClFN3O3S/c1-18(2)19-7-10-21(11-8-19)29-26(32)20-9-12-23(28)25(17-20)35(33,34)31-15-13-30(14-16-31)24-6-4-3-5-22(24)27/h3-12,17-18H,13-16H2,1-2H3,(H,29,32). The number of anilines is 2. The van der Waals surface area contributed by atoms with E-state index in [1.54, 1.807) is 18.2 Å². The van der Waals surface area contributed by atoms with Crippen LogP contribution in [-0.2, 0) is 10.0 Å². The Bertz CT molecular complexity index is 1320. The average molecular weight is 516 g/mol. The third-order valence-electron chi connectivity index (χ3n) is 6.08. The van der Waals surface area contributed by atoms with Crippen LogP contribution < -0.4 is 10.2 Å². The number of benzene rings is 3. The Morgan fingerprint density at radius 2 is 1.63 bits per heavy atom. The van der Waals surface area contributed by atoms with Gasteiger partial charge in [0.05, 0.1) is 10.7 Å². The van der Waals surface area contributed by atoms with Crippen molar-refractivity contribution >= 4 is 38.9 Å². The molecule has 0 spiro atoms. The minimum Gasteiger partial charge on any atom is -0.368 e. The fourth-order valence-electron chi connectivity index (χ4n) is 4.01. The highest BCUT2D eigenvalue weighted by molar-refractivity contribution is 7.89. The van der Waals surface area contributed by atoms with Crippen molar-refractivity contribution in [1.82, 2.24) is 4.31 Å². The van der Waals surface area contributed by atoms with Gasteiger partial charge >= 0.3 is 0 Å². The van der Waals surface area contributed by atoms with Gasteiger partial charge in [-0.1, -0.05) is 49.7 Å². The first-order valence-electron chi connectivity index (χ1n) is 11.4. The van der Waals surface area contributed by atoms with Crippen LogP contribution >= 0.6 is 11.6 Å². The van der Waals surface area contributed by atoms with Gasteiger partial charge in [-0.2, -0.15) is 4.31 Å². The summed E-state index contributed by atoms with van der Waals surface area (Å²) < 4.78 is 42.4. The zero-order chi connectivity index (χ0) is 25.2. The Morgan fingerprint density at radius 3 is 2.26 bits per heavy atom. The van der Waals surface area contributed by atoms with Crippen molar-refractivity contribution in [2.24, 2.45) is 0 Å². The van der Waals surface area contributed by atoms with Gasteiger partial charge in [-0.25, -0.2) is 12.8 Å². The smallest absolute Gasteiger partial charge is 0.255 e. The first-order valence-corrected chi connectivity index (χ1v) is 13.2. The van der Waals surface area contributed by atoms with Crippen LogP contribution in [0.25, 0.3) is 0 Å². The lowest BCUT2D eigenvalue weighted by atomic mass is 10.0. The predicted octanol–water partition coefficient (Wildman–Crippen LogP) is 5.37. The van der Waals surface area contributed by atoms with Gasteiger partial charge in [0.1, 0.15) is 10.7 Å². The van der Waals surface area contributed by atoms with E-state index in [4.69, 9.17) is 11.6 Å². The van der Waals surface area contributed by atoms with E-state index in [0.717, 1.165) is 23.4 Å². The van der Waals surface area contributed by atoms with Crippen molar-refractivity contribution in [2.45, 2.75) is 24.7 Å². The fraction of sp³-hybridized carbons (Fsp3) is 0.269. The average Bonchev–Trinajstić information content (AvgIpc) is 2.85. The topological polar surface area (TPSA) is 69.7 Å². The molecule has 0 radical (unpaired) electrons. The molecule has 1 saturated heterocycles. The van der Waals surface area contributed by atoms with Crippen molar-refractivity contribution in [3.63, 3.8) is 0 Å². The monoisotopic (exact) mass is 515 g/mol. The fourth-order valence-corrected chi connectivity index (χ4v) is 5.78. The van der Waals surface area contributed by atoms with Gasteiger partial charge in [-0.15, -0.1) is 0 Å². The number of halogens is 2. The third kappa shape index (κ3) is 5.50. The summed E-state index contributed by atoms with van der Waals surface area (Å²) in [5.74, 6) is -1.05. The number of nitrogens with one attached hydrogen (secondary N) is 1. The number of para-hydroxylation sites is 1. The molecular formula is C26H27ClFN3O3S. The Kier molecular flexibility index (Phi) is 7.44. The molecule has 6 nitrogen and oxygen atoms in total. The number of carbonyl (C=O) groups is 1. The first-order chi connectivity index (χ1) is 16.7. The lowest BCUT2D eigenvalue weighted by Crippen LogP contribution is -2.48. The van der Waals surface area contributed by atoms with E-state index >= 15 is 0 Å². The summed E-state index contributed by atoms with van der Waals surface area (Å²) in [5.41, 5.74) is 2.60. The molecule has 1 fully saturated rings. The zero-order valence-electron chi connectivity index (χ0n) is 19.5. The van der Waals surface area contributed by atoms with Gasteiger partial charge in [-0.3, -0.25) is 4.79 Å². The van der Waals surface area contributed by atoms with Gasteiger partial charge < -0.3 is 10.2 Å². The van der Waals surface area contributed by atoms with Crippen molar-refractivity contribution < 1.29 is 17.6 Å². The summed E-state index contributed by atoms with van der Waals surface area (Å²) in [5, 5.41) is 3.33. The molecule has 4 rings (SSSR count). The Morgan fingerprint density at radius 1 is 0.971 bits per heavy atom. The van der Waals surface area contributed by atoms with Crippen molar-refractivity contribution in [3.8, 4) is 0 Å². The second-order valence-electron chi connectivity index (χ2n) is 8.72. The van der Waals surface area contributed by atoms with Crippen molar-refractivity contribution in [1.29, 1.82) is 0 Å². The number of rotatable bonds is 6. The van der Waals surface area contributed by atoms with Crippen molar-refractivity contribution in [2.75, 3.05) is 36.4 Å². The minimum absolute atomic E-state index is 0.0626. The molecule has 1 aliphatic heterocycles. The highest BCUT2D eigenvalue weighted by Crippen LogP contribution is 2.28. The Balaban J connectivity index is 1.49. The maximum atomic E-state index is 14.7. The zero-order valence-corrected chi connectivity index (χ0v) is 21.1. The second kappa shape index (κ2) is 10.4. The van der Waals surface area contributed by atoms with Crippen LogP contribution in [0.2, 0.25) is 5.02 Å². The Hall–Kier alpha value is -2.94. The summed E-state index contributed by atoms with van der Waals surface area (Å²) in [6, 6.07) is 18.2. The SMILES string of the molecule is CC(C)c1ccc(NC(=O)c2ccc(F)c(S(=O)(=O)N3CCN(c4ccccc4Cl)CC3)c2)cc1. The van der Waals surface area contributed by atoms with E-state index in [0.29, 0.717) is 29.7 Å². The van der Waals surface area contributed by atoms with Crippen LogP contribution in [-0.4, -0.2) is 44.8 Å². The van der Waals surface area contributed by atoms with Gasteiger partial charge in [0, 0.05) is 37.4 Å². The molecule has 3 aromatic rings. The maximum Gasteiger partial charge on any atom is 0.255 e. The molecule has 0 unspecified atom stereocenters. The van der Waals surface area contributed by atoms with Gasteiger partial charge in [0.2, 0.25) is 10.0 Å². The molecule has 3 aromatic carbocycles. The van der Waals surface area contributed by atoms with E-state index in [2.05, 4.69) is 19.2 Å². The normalized spacial score (nSPS) is 14.8. The van der Waals surface area contributed by atoms with E-state index in [1.165, 1.54) is 10.4 Å². The molecule has 35 heavy (non-hydrogen) atoms. The van der Waals surface area contributed by atoms with Crippen LogP contribution in [0.15, 0.2) is 71.6 Å². The molecule has 0 saturated carbocycles. The molecule has 0 aromatic heterocycles. The molecule has 0 bridgehead atoms. The van der Waals surface area contributed by atoms with E-state index in [9.17, 15) is 17.6 Å². The molecule has 0 atom stereocenters. The number of amides is 1. The molecule has 9 heteroatoms. The van der Waals surface area contributed by atoms with Crippen LogP contribution in [0, 0.1) is 5.82 Å². The largest absolute Gasteiger partial charge is 0.368 e. The molecule has 1 amide bonds. The van der Waals surface area contributed by atoms with E-state index < -0.39 is 26.6 Å². The lowest BCUT2D eigenvalue weighted by Gasteiger charge is -2.35. The van der Waals surface area contributed by atoms with Gasteiger partial charge in [-0.05, 0) is 53.9 Å². The lowest BCUT2D eigenvalue weighted by molar-refractivity contribution is 0.102. The quantitative estimate of drug-likeness (QED) is 0.479.